The van der Waals surface area contributed by atoms with Gasteiger partial charge < -0.3 is 10.5 Å². The van der Waals surface area contributed by atoms with Gasteiger partial charge in [-0.2, -0.15) is 0 Å². The summed E-state index contributed by atoms with van der Waals surface area (Å²) in [6.45, 7) is 3.18. The van der Waals surface area contributed by atoms with E-state index in [-0.39, 0.29) is 5.54 Å². The summed E-state index contributed by atoms with van der Waals surface area (Å²) in [6.07, 6.45) is 1.03. The zero-order chi connectivity index (χ0) is 11.6. The molecule has 0 aliphatic carbocycles. The molecule has 0 radical (unpaired) electrons. The van der Waals surface area contributed by atoms with E-state index in [1.165, 1.54) is 9.35 Å². The van der Waals surface area contributed by atoms with E-state index in [9.17, 15) is 0 Å². The van der Waals surface area contributed by atoms with Crippen molar-refractivity contribution in [1.82, 2.24) is 4.90 Å². The minimum absolute atomic E-state index is 0.0361. The van der Waals surface area contributed by atoms with Crippen LogP contribution in [-0.2, 0) is 11.3 Å². The van der Waals surface area contributed by atoms with E-state index in [1.807, 2.05) is 0 Å². The number of halogens is 1. The largest absolute Gasteiger partial charge is 0.379 e. The van der Waals surface area contributed by atoms with Crippen molar-refractivity contribution in [3.63, 3.8) is 0 Å². The van der Waals surface area contributed by atoms with Crippen molar-refractivity contribution in [3.05, 3.63) is 20.8 Å². The second kappa shape index (κ2) is 5.14. The summed E-state index contributed by atoms with van der Waals surface area (Å²) in [4.78, 5) is 2.33. The number of hydrogen-bond donors (Lipinski definition) is 1. The van der Waals surface area contributed by atoms with E-state index in [1.54, 1.807) is 11.3 Å². The first-order valence-electron chi connectivity index (χ1n) is 5.38. The molecule has 90 valence electrons. The van der Waals surface area contributed by atoms with Crippen LogP contribution in [0.2, 0.25) is 0 Å². The molecule has 1 saturated heterocycles. The lowest BCUT2D eigenvalue weighted by atomic mass is 9.96. The van der Waals surface area contributed by atoms with Gasteiger partial charge in [0.15, 0.2) is 0 Å². The molecule has 0 saturated carbocycles. The van der Waals surface area contributed by atoms with Crippen molar-refractivity contribution in [1.29, 1.82) is 0 Å². The van der Waals surface area contributed by atoms with Gasteiger partial charge in [-0.15, -0.1) is 11.3 Å². The lowest BCUT2D eigenvalue weighted by Crippen LogP contribution is -2.52. The van der Waals surface area contributed by atoms with Crippen LogP contribution >= 0.6 is 27.3 Å². The van der Waals surface area contributed by atoms with Crippen LogP contribution in [-0.4, -0.2) is 37.2 Å². The summed E-state index contributed by atoms with van der Waals surface area (Å²) in [7, 11) is 2.13. The molecule has 1 aromatic rings. The maximum absolute atomic E-state index is 5.90. The predicted molar refractivity (Wildman–Crippen MR) is 70.7 cm³/mol. The molecule has 0 bridgehead atoms. The topological polar surface area (TPSA) is 38.5 Å². The summed E-state index contributed by atoms with van der Waals surface area (Å²) in [5.74, 6) is 0. The lowest BCUT2D eigenvalue weighted by molar-refractivity contribution is 0.0883. The SMILES string of the molecule is CN(Cc1csc(Br)c1)C1(CN)CCOC1. The van der Waals surface area contributed by atoms with Crippen LogP contribution in [0.25, 0.3) is 0 Å². The smallest absolute Gasteiger partial charge is 0.0701 e. The third-order valence-electron chi connectivity index (χ3n) is 3.31. The van der Waals surface area contributed by atoms with Crippen LogP contribution in [0.4, 0.5) is 0 Å². The molecule has 0 amide bonds. The fourth-order valence-corrected chi connectivity index (χ4v) is 3.28. The molecular formula is C11H17BrN2OS. The van der Waals surface area contributed by atoms with Crippen LogP contribution in [0.1, 0.15) is 12.0 Å². The molecule has 1 fully saturated rings. The third kappa shape index (κ3) is 2.49. The maximum Gasteiger partial charge on any atom is 0.0701 e. The van der Waals surface area contributed by atoms with E-state index in [4.69, 9.17) is 10.5 Å². The van der Waals surface area contributed by atoms with Crippen molar-refractivity contribution in [2.45, 2.75) is 18.5 Å². The predicted octanol–water partition coefficient (Wildman–Crippen LogP) is 2.06. The number of rotatable bonds is 4. The van der Waals surface area contributed by atoms with Crippen molar-refractivity contribution < 1.29 is 4.74 Å². The first-order chi connectivity index (χ1) is 7.66. The van der Waals surface area contributed by atoms with E-state index in [0.29, 0.717) is 6.54 Å². The Kier molecular flexibility index (Phi) is 4.02. The fourth-order valence-electron chi connectivity index (χ4n) is 2.08. The van der Waals surface area contributed by atoms with E-state index in [2.05, 4.69) is 39.3 Å². The van der Waals surface area contributed by atoms with Crippen LogP contribution in [0.3, 0.4) is 0 Å². The van der Waals surface area contributed by atoms with E-state index >= 15 is 0 Å². The molecule has 1 aliphatic heterocycles. The van der Waals surface area contributed by atoms with Gasteiger partial charge in [0, 0.05) is 19.7 Å². The van der Waals surface area contributed by atoms with Gasteiger partial charge in [0.25, 0.3) is 0 Å². The highest BCUT2D eigenvalue weighted by Crippen LogP contribution is 2.27. The van der Waals surface area contributed by atoms with Crippen LogP contribution < -0.4 is 5.73 Å². The van der Waals surface area contributed by atoms with Crippen LogP contribution in [0.5, 0.6) is 0 Å². The molecule has 3 nitrogen and oxygen atoms in total. The first kappa shape index (κ1) is 12.5. The van der Waals surface area contributed by atoms with Crippen molar-refractivity contribution >= 4 is 27.3 Å². The number of likely N-dealkylation sites (N-methyl/N-ethyl adjacent to an activating group) is 1. The van der Waals surface area contributed by atoms with Crippen molar-refractivity contribution in [2.24, 2.45) is 5.73 Å². The van der Waals surface area contributed by atoms with Gasteiger partial charge in [0.2, 0.25) is 0 Å². The Morgan fingerprint density at radius 3 is 3.00 bits per heavy atom. The average Bonchev–Trinajstić information content (AvgIpc) is 2.88. The minimum Gasteiger partial charge on any atom is -0.379 e. The highest BCUT2D eigenvalue weighted by Gasteiger charge is 2.37. The number of hydrogen-bond acceptors (Lipinski definition) is 4. The number of nitrogens with two attached hydrogens (primary N) is 1. The lowest BCUT2D eigenvalue weighted by Gasteiger charge is -2.36. The summed E-state index contributed by atoms with van der Waals surface area (Å²) in [5, 5.41) is 2.18. The van der Waals surface area contributed by atoms with Crippen LogP contribution in [0, 0.1) is 0 Å². The molecule has 2 N–H and O–H groups in total. The zero-order valence-corrected chi connectivity index (χ0v) is 11.8. The standard InChI is InChI=1S/C11H17BrN2OS/c1-14(5-9-4-10(12)16-6-9)11(7-13)2-3-15-8-11/h4,6H,2-3,5,7-8,13H2,1H3. The molecule has 1 aromatic heterocycles. The Hall–Kier alpha value is 0.0600. The van der Waals surface area contributed by atoms with Gasteiger partial charge in [0.1, 0.15) is 0 Å². The molecule has 2 heterocycles. The summed E-state index contributed by atoms with van der Waals surface area (Å²) in [5.41, 5.74) is 7.27. The molecule has 0 aromatic carbocycles. The Balaban J connectivity index is 2.03. The molecule has 1 aliphatic rings. The molecule has 1 unspecified atom stereocenters. The summed E-state index contributed by atoms with van der Waals surface area (Å²) < 4.78 is 6.67. The second-order valence-corrected chi connectivity index (χ2v) is 6.64. The van der Waals surface area contributed by atoms with Gasteiger partial charge in [-0.1, -0.05) is 0 Å². The minimum atomic E-state index is 0.0361. The summed E-state index contributed by atoms with van der Waals surface area (Å²) >= 11 is 5.21. The van der Waals surface area contributed by atoms with Gasteiger partial charge in [-0.05, 0) is 46.4 Å². The second-order valence-electron chi connectivity index (χ2n) is 4.35. The number of thiophene rings is 1. The highest BCUT2D eigenvalue weighted by molar-refractivity contribution is 9.11. The van der Waals surface area contributed by atoms with Crippen molar-refractivity contribution in [2.75, 3.05) is 26.8 Å². The fraction of sp³-hybridized carbons (Fsp3) is 0.636. The molecule has 16 heavy (non-hydrogen) atoms. The number of ether oxygens (including phenoxy) is 1. The first-order valence-corrected chi connectivity index (χ1v) is 7.05. The number of nitrogens with zero attached hydrogens (tertiary/aromatic N) is 1. The van der Waals surface area contributed by atoms with Gasteiger partial charge >= 0.3 is 0 Å². The highest BCUT2D eigenvalue weighted by atomic mass is 79.9. The molecule has 2 rings (SSSR count). The molecular weight excluding hydrogens is 288 g/mol. The Morgan fingerprint density at radius 1 is 1.69 bits per heavy atom. The monoisotopic (exact) mass is 304 g/mol. The van der Waals surface area contributed by atoms with E-state index in [0.717, 1.165) is 26.2 Å². The van der Waals surface area contributed by atoms with Gasteiger partial charge in [-0.25, -0.2) is 0 Å². The zero-order valence-electron chi connectivity index (χ0n) is 9.41. The Labute approximate surface area is 109 Å². The molecule has 1 atom stereocenters. The third-order valence-corrected chi connectivity index (χ3v) is 4.87. The summed E-state index contributed by atoms with van der Waals surface area (Å²) in [6, 6.07) is 2.17. The maximum atomic E-state index is 5.90. The van der Waals surface area contributed by atoms with Gasteiger partial charge in [0.05, 0.1) is 15.9 Å². The molecule has 5 heteroatoms. The van der Waals surface area contributed by atoms with Gasteiger partial charge in [-0.3, -0.25) is 4.90 Å². The Morgan fingerprint density at radius 2 is 2.50 bits per heavy atom. The van der Waals surface area contributed by atoms with E-state index < -0.39 is 0 Å². The molecule has 0 spiro atoms. The average molecular weight is 305 g/mol. The normalized spacial score (nSPS) is 25.5. The Bertz CT molecular complexity index is 350. The van der Waals surface area contributed by atoms with Crippen molar-refractivity contribution in [3.8, 4) is 0 Å². The van der Waals surface area contributed by atoms with Crippen LogP contribution in [0.15, 0.2) is 15.2 Å². The quantitative estimate of drug-likeness (QED) is 0.925.